The van der Waals surface area contributed by atoms with Gasteiger partial charge >= 0.3 is 5.97 Å². The molecule has 0 unspecified atom stereocenters. The summed E-state index contributed by atoms with van der Waals surface area (Å²) in [5.74, 6) is -0.00303. The molecule has 0 heterocycles. The van der Waals surface area contributed by atoms with Gasteiger partial charge in [-0.3, -0.25) is 9.59 Å². The van der Waals surface area contributed by atoms with E-state index in [-0.39, 0.29) is 30.2 Å². The van der Waals surface area contributed by atoms with E-state index in [1.807, 2.05) is 6.92 Å². The molecule has 0 spiro atoms. The second-order valence-electron chi connectivity index (χ2n) is 11.3. The molecule has 4 fully saturated rings. The lowest BCUT2D eigenvalue weighted by Crippen LogP contribution is -2.54. The zero-order valence-electron chi connectivity index (χ0n) is 24.2. The Kier molecular flexibility index (Phi) is 4.87. The maximum absolute atomic E-state index is 12.1. The Labute approximate surface area is 194 Å². The molecule has 4 aliphatic rings. The zero-order chi connectivity index (χ0) is 26.9. The molecule has 0 aromatic carbocycles. The summed E-state index contributed by atoms with van der Waals surface area (Å²) in [5, 5.41) is 21.9. The average Bonchev–Trinajstić information content (AvgIpc) is 3.12. The number of nitrogens with one attached hydrogen (secondary N) is 1. The van der Waals surface area contributed by atoms with Gasteiger partial charge in [-0.15, -0.1) is 0 Å². The molecular weight excluding hydrogens is 390 g/mol. The van der Waals surface area contributed by atoms with E-state index in [4.69, 9.17) is 12.0 Å². The van der Waals surface area contributed by atoms with Crippen molar-refractivity contribution in [1.29, 1.82) is 0 Å². The summed E-state index contributed by atoms with van der Waals surface area (Å²) in [6.45, 7) is 6.24. The van der Waals surface area contributed by atoms with E-state index in [9.17, 15) is 14.7 Å². The van der Waals surface area contributed by atoms with Gasteiger partial charge in [0.1, 0.15) is 6.54 Å². The van der Waals surface area contributed by atoms with Crippen LogP contribution in [-0.2, 0) is 9.59 Å². The van der Waals surface area contributed by atoms with E-state index in [2.05, 4.69) is 19.2 Å². The van der Waals surface area contributed by atoms with E-state index in [1.54, 1.807) is 0 Å². The number of hydrogen-bond acceptors (Lipinski definition) is 3. The molecule has 31 heavy (non-hydrogen) atoms. The Morgan fingerprint density at radius 1 is 1.13 bits per heavy atom. The molecule has 5 heteroatoms. The molecule has 0 aliphatic heterocycles. The highest BCUT2D eigenvalue weighted by molar-refractivity contribution is 5.81. The summed E-state index contributed by atoms with van der Waals surface area (Å²) in [5.41, 5.74) is -0.485. The van der Waals surface area contributed by atoms with Gasteiger partial charge in [0.2, 0.25) is 5.91 Å². The quantitative estimate of drug-likeness (QED) is 0.564. The number of carbonyl (C=O) groups is 2. The average molecular weight is 439 g/mol. The summed E-state index contributed by atoms with van der Waals surface area (Å²) >= 11 is 0. The predicted molar refractivity (Wildman–Crippen MR) is 120 cm³/mol. The lowest BCUT2D eigenvalue weighted by atomic mass is 9.44. The molecule has 176 valence electrons. The van der Waals surface area contributed by atoms with Crippen LogP contribution in [0.4, 0.5) is 0 Å². The first-order valence-corrected chi connectivity index (χ1v) is 12.2. The van der Waals surface area contributed by atoms with Crippen molar-refractivity contribution in [2.24, 2.45) is 46.3 Å². The van der Waals surface area contributed by atoms with Crippen molar-refractivity contribution in [1.82, 2.24) is 5.32 Å². The SMILES string of the molecule is [2H]C1([2H])C[C@@]2(C)[C@@H]3CC[C@]4(C)[C@H](CC[C@H]4[C@@H](C)CCC(=O)NCC(=O)O)[C@H]3CC[C@H]2C([2H])([2H])[C@@]1([2H])O. The number of carbonyl (C=O) groups excluding carboxylic acids is 1. The highest BCUT2D eigenvalue weighted by Gasteiger charge is 2.60. The maximum Gasteiger partial charge on any atom is 0.322 e. The number of amides is 1. The van der Waals surface area contributed by atoms with Gasteiger partial charge in [0, 0.05) is 11.9 Å². The van der Waals surface area contributed by atoms with Crippen LogP contribution >= 0.6 is 0 Å². The molecule has 5 nitrogen and oxygen atoms in total. The third kappa shape index (κ3) is 4.16. The number of hydrogen-bond donors (Lipinski definition) is 3. The number of carboxylic acid groups (broad SMARTS) is 1. The minimum absolute atomic E-state index is 0.0140. The molecule has 0 aromatic heterocycles. The van der Waals surface area contributed by atoms with Gasteiger partial charge in [0.25, 0.3) is 0 Å². The fourth-order valence-electron chi connectivity index (χ4n) is 8.24. The van der Waals surface area contributed by atoms with Crippen molar-refractivity contribution < 1.29 is 26.7 Å². The molecule has 4 rings (SSSR count). The molecule has 3 N–H and O–H groups in total. The van der Waals surface area contributed by atoms with Crippen LogP contribution in [-0.4, -0.2) is 34.7 Å². The molecular formula is C26H43NO4. The van der Waals surface area contributed by atoms with Crippen LogP contribution in [0.3, 0.4) is 0 Å². The number of fused-ring (bicyclic) bond motifs is 5. The topological polar surface area (TPSA) is 86.6 Å². The molecule has 4 saturated carbocycles. The first-order chi connectivity index (χ1) is 16.5. The van der Waals surface area contributed by atoms with Crippen molar-refractivity contribution in [2.75, 3.05) is 6.54 Å². The largest absolute Gasteiger partial charge is 0.480 e. The van der Waals surface area contributed by atoms with E-state index < -0.39 is 36.1 Å². The van der Waals surface area contributed by atoms with Gasteiger partial charge in [-0.2, -0.15) is 0 Å². The van der Waals surface area contributed by atoms with Crippen molar-refractivity contribution in [3.8, 4) is 0 Å². The number of aliphatic hydroxyl groups is 1. The van der Waals surface area contributed by atoms with Gasteiger partial charge < -0.3 is 15.5 Å². The monoisotopic (exact) mass is 438 g/mol. The summed E-state index contributed by atoms with van der Waals surface area (Å²) < 4.78 is 42.5. The number of rotatable bonds is 6. The molecule has 0 radical (unpaired) electrons. The summed E-state index contributed by atoms with van der Waals surface area (Å²) in [4.78, 5) is 22.8. The Hall–Kier alpha value is -1.10. The van der Waals surface area contributed by atoms with Crippen LogP contribution in [0.2, 0.25) is 0 Å². The summed E-state index contributed by atoms with van der Waals surface area (Å²) in [6.07, 6.45) is -0.884. The molecule has 0 saturated heterocycles. The van der Waals surface area contributed by atoms with Crippen LogP contribution in [0.5, 0.6) is 0 Å². The van der Waals surface area contributed by atoms with Gasteiger partial charge in [-0.05, 0) is 110 Å². The van der Waals surface area contributed by atoms with Crippen LogP contribution < -0.4 is 5.32 Å². The summed E-state index contributed by atoms with van der Waals surface area (Å²) in [7, 11) is 0. The van der Waals surface area contributed by atoms with Crippen LogP contribution in [0.15, 0.2) is 0 Å². The van der Waals surface area contributed by atoms with Crippen molar-refractivity contribution in [3.63, 3.8) is 0 Å². The minimum atomic E-state index is -2.76. The Morgan fingerprint density at radius 3 is 2.61 bits per heavy atom. The fourth-order valence-corrected chi connectivity index (χ4v) is 8.24. The van der Waals surface area contributed by atoms with Crippen LogP contribution in [0.25, 0.3) is 0 Å². The fraction of sp³-hybridized carbons (Fsp3) is 0.923. The first kappa shape index (κ1) is 17.4. The third-order valence-corrected chi connectivity index (χ3v) is 9.84. The lowest BCUT2D eigenvalue weighted by molar-refractivity contribution is -0.138. The van der Waals surface area contributed by atoms with Gasteiger partial charge in [-0.1, -0.05) is 20.8 Å². The second kappa shape index (κ2) is 8.68. The molecule has 9 atom stereocenters. The highest BCUT2D eigenvalue weighted by Crippen LogP contribution is 2.68. The Balaban J connectivity index is 1.50. The van der Waals surface area contributed by atoms with E-state index in [0.29, 0.717) is 36.5 Å². The minimum Gasteiger partial charge on any atom is -0.480 e. The van der Waals surface area contributed by atoms with E-state index in [1.165, 1.54) is 0 Å². The molecule has 0 bridgehead atoms. The normalized spacial score (nSPS) is 53.2. The lowest BCUT2D eigenvalue weighted by Gasteiger charge is -2.61. The maximum atomic E-state index is 12.1. The van der Waals surface area contributed by atoms with Crippen LogP contribution in [0, 0.1) is 46.3 Å². The molecule has 1 amide bonds. The van der Waals surface area contributed by atoms with Gasteiger partial charge in [0.15, 0.2) is 0 Å². The van der Waals surface area contributed by atoms with Gasteiger partial charge in [0.05, 0.1) is 7.45 Å². The first-order valence-electron chi connectivity index (χ1n) is 14.7. The van der Waals surface area contributed by atoms with Crippen molar-refractivity contribution >= 4 is 11.9 Å². The highest BCUT2D eigenvalue weighted by atomic mass is 16.4. The molecule has 0 aromatic rings. The molecule has 4 aliphatic carbocycles. The number of carboxylic acids is 1. The third-order valence-electron chi connectivity index (χ3n) is 9.84. The predicted octanol–water partition coefficient (Wildman–Crippen LogP) is 4.62. The zero-order valence-corrected chi connectivity index (χ0v) is 19.2. The van der Waals surface area contributed by atoms with Crippen LogP contribution in [0.1, 0.15) is 98.2 Å². The van der Waals surface area contributed by atoms with Crippen molar-refractivity contribution in [3.05, 3.63) is 0 Å². The summed E-state index contributed by atoms with van der Waals surface area (Å²) in [6, 6.07) is 0. The number of aliphatic carboxylic acids is 1. The van der Waals surface area contributed by atoms with E-state index in [0.717, 1.165) is 38.5 Å². The standard InChI is InChI=1S/C26H43NO4/c1-16(4-9-23(29)27-15-24(30)31)20-7-8-21-19-6-5-17-14-18(28)10-12-25(17,2)22(19)11-13-26(20,21)3/h16-22,28H,4-15H2,1-3H3,(H,27,29)(H,30,31)/t16-,17-,18-,19+,20-,21+,22+,25+,26-/m0/s1/i10D2,14D2,18D. The second-order valence-corrected chi connectivity index (χ2v) is 11.3. The Bertz CT molecular complexity index is 898. The van der Waals surface area contributed by atoms with E-state index >= 15 is 0 Å². The Morgan fingerprint density at radius 2 is 1.87 bits per heavy atom. The van der Waals surface area contributed by atoms with Gasteiger partial charge in [-0.25, -0.2) is 0 Å². The smallest absolute Gasteiger partial charge is 0.322 e. The van der Waals surface area contributed by atoms with Crippen molar-refractivity contribution in [2.45, 2.75) is 97.4 Å².